The van der Waals surface area contributed by atoms with E-state index in [1.54, 1.807) is 0 Å². The van der Waals surface area contributed by atoms with E-state index in [-0.39, 0.29) is 17.8 Å². The molecule has 2 aliphatic heterocycles. The summed E-state index contributed by atoms with van der Waals surface area (Å²) in [5.74, 6) is -0.213. The summed E-state index contributed by atoms with van der Waals surface area (Å²) in [5, 5.41) is 2.56. The van der Waals surface area contributed by atoms with Gasteiger partial charge in [-0.2, -0.15) is 4.58 Å². The lowest BCUT2D eigenvalue weighted by atomic mass is 9.73. The van der Waals surface area contributed by atoms with Gasteiger partial charge in [0.15, 0.2) is 5.71 Å². The van der Waals surface area contributed by atoms with Gasteiger partial charge < -0.3 is 9.64 Å². The number of para-hydroxylation sites is 1. The summed E-state index contributed by atoms with van der Waals surface area (Å²) in [6, 6.07) is 32.3. The third-order valence-electron chi connectivity index (χ3n) is 9.17. The predicted octanol–water partition coefficient (Wildman–Crippen LogP) is 7.48. The number of benzene rings is 4. The first kappa shape index (κ1) is 26.8. The number of likely N-dealkylation sites (N-methyl/N-ethyl adjacent to an activating group) is 1. The molecule has 0 bridgehead atoms. The van der Waals surface area contributed by atoms with Gasteiger partial charge in [-0.15, -0.1) is 0 Å². The largest absolute Gasteiger partial charge is 0.469 e. The molecule has 0 saturated heterocycles. The van der Waals surface area contributed by atoms with Crippen LogP contribution in [0.25, 0.3) is 10.8 Å². The molecule has 0 N–H and O–H groups in total. The van der Waals surface area contributed by atoms with Crippen molar-refractivity contribution in [3.05, 3.63) is 132 Å². The molecule has 4 heteroatoms. The maximum Gasteiger partial charge on any atom is 0.306 e. The van der Waals surface area contributed by atoms with Gasteiger partial charge in [0.05, 0.1) is 18.9 Å². The first-order valence-corrected chi connectivity index (χ1v) is 14.2. The summed E-state index contributed by atoms with van der Waals surface area (Å²) in [6.45, 7) is 4.52. The SMILES string of the molecule is COC(=O)CC1(C)/C(=C\C=C\C2=[N+](C)c3ccc4ccccc4c3C2(C)Cc2ccccc2)N(C)c2ccccc21. The third kappa shape index (κ3) is 4.30. The standard InChI is InChI=1S/C37H37N2O2/c1-36(25-34(40)41-5)29-18-11-12-19-30(29)38(3)32(36)20-13-21-33-37(2,24-26-14-7-6-8-15-26)35-28-17-10-9-16-27(28)22-23-31(35)39(33)4/h6-23H,24-25H2,1-5H3/q+1. The Morgan fingerprint density at radius 1 is 0.902 bits per heavy atom. The summed E-state index contributed by atoms with van der Waals surface area (Å²) < 4.78 is 7.46. The molecule has 2 heterocycles. The number of rotatable bonds is 6. The lowest BCUT2D eigenvalue weighted by Gasteiger charge is -2.27. The highest BCUT2D eigenvalue weighted by atomic mass is 16.5. The van der Waals surface area contributed by atoms with E-state index in [2.05, 4.69) is 135 Å². The number of nitrogens with zero attached hydrogens (tertiary/aromatic N) is 2. The Hall–Kier alpha value is -4.44. The minimum absolute atomic E-state index is 0.213. The van der Waals surface area contributed by atoms with Crippen molar-refractivity contribution >= 4 is 33.8 Å². The summed E-state index contributed by atoms with van der Waals surface area (Å²) in [7, 11) is 5.72. The number of allylic oxidation sites excluding steroid dienone is 4. The Balaban J connectivity index is 1.46. The molecule has 4 aromatic carbocycles. The highest BCUT2D eigenvalue weighted by Crippen LogP contribution is 2.49. The molecule has 6 rings (SSSR count). The van der Waals surface area contributed by atoms with Crippen LogP contribution in [0, 0.1) is 0 Å². The molecule has 4 nitrogen and oxygen atoms in total. The normalized spacial score (nSPS) is 22.6. The van der Waals surface area contributed by atoms with Gasteiger partial charge in [-0.1, -0.05) is 78.9 Å². The van der Waals surface area contributed by atoms with E-state index in [9.17, 15) is 4.79 Å². The van der Waals surface area contributed by atoms with Crippen molar-refractivity contribution in [3.8, 4) is 0 Å². The van der Waals surface area contributed by atoms with E-state index in [4.69, 9.17) is 4.74 Å². The van der Waals surface area contributed by atoms with Gasteiger partial charge in [0, 0.05) is 41.6 Å². The van der Waals surface area contributed by atoms with Gasteiger partial charge in [0.25, 0.3) is 0 Å². The highest BCUT2D eigenvalue weighted by molar-refractivity contribution is 6.08. The Bertz CT molecular complexity index is 1750. The number of hydrogen-bond donors (Lipinski definition) is 0. The number of hydrogen-bond acceptors (Lipinski definition) is 3. The molecule has 206 valence electrons. The summed E-state index contributed by atoms with van der Waals surface area (Å²) in [6.07, 6.45) is 7.77. The molecule has 0 spiro atoms. The number of carbonyl (C=O) groups excluding carboxylic acids is 1. The molecule has 0 radical (unpaired) electrons. The first-order valence-electron chi connectivity index (χ1n) is 14.2. The van der Waals surface area contributed by atoms with Crippen LogP contribution in [0.3, 0.4) is 0 Å². The summed E-state index contributed by atoms with van der Waals surface area (Å²) >= 11 is 0. The van der Waals surface area contributed by atoms with Gasteiger partial charge in [0.1, 0.15) is 7.05 Å². The van der Waals surface area contributed by atoms with E-state index in [0.717, 1.165) is 23.4 Å². The Labute approximate surface area is 242 Å². The minimum atomic E-state index is -0.485. The van der Waals surface area contributed by atoms with E-state index < -0.39 is 5.41 Å². The maximum atomic E-state index is 12.6. The topological polar surface area (TPSA) is 32.6 Å². The second-order valence-electron chi connectivity index (χ2n) is 11.7. The molecule has 0 amide bonds. The molecule has 0 saturated carbocycles. The number of ether oxygens (including phenoxy) is 1. The summed E-state index contributed by atoms with van der Waals surface area (Å²) in [4.78, 5) is 14.8. The molecule has 2 unspecified atom stereocenters. The Morgan fingerprint density at radius 3 is 2.39 bits per heavy atom. The van der Waals surface area contributed by atoms with Crippen LogP contribution < -0.4 is 4.90 Å². The maximum absolute atomic E-state index is 12.6. The van der Waals surface area contributed by atoms with Crippen LogP contribution in [-0.4, -0.2) is 37.5 Å². The molecular weight excluding hydrogens is 504 g/mol. The van der Waals surface area contributed by atoms with E-state index in [0.29, 0.717) is 0 Å². The monoisotopic (exact) mass is 541 g/mol. The number of carbonyl (C=O) groups is 1. The second kappa shape index (κ2) is 10.2. The molecule has 0 aliphatic carbocycles. The number of anilines is 1. The third-order valence-corrected chi connectivity index (χ3v) is 9.17. The van der Waals surface area contributed by atoms with Crippen LogP contribution in [-0.2, 0) is 26.8 Å². The molecular formula is C37H37N2O2+. The van der Waals surface area contributed by atoms with Crippen LogP contribution >= 0.6 is 0 Å². The molecule has 0 aromatic heterocycles. The average molecular weight is 542 g/mol. The Morgan fingerprint density at radius 2 is 1.61 bits per heavy atom. The fourth-order valence-corrected chi connectivity index (χ4v) is 7.17. The predicted molar refractivity (Wildman–Crippen MR) is 168 cm³/mol. The van der Waals surface area contributed by atoms with Gasteiger partial charge >= 0.3 is 5.97 Å². The zero-order valence-corrected chi connectivity index (χ0v) is 24.5. The first-order chi connectivity index (χ1) is 19.8. The van der Waals surface area contributed by atoms with Gasteiger partial charge in [-0.05, 0) is 60.4 Å². The zero-order chi connectivity index (χ0) is 28.8. The lowest BCUT2D eigenvalue weighted by Crippen LogP contribution is -2.33. The molecule has 2 atom stereocenters. The number of methoxy groups -OCH3 is 1. The van der Waals surface area contributed by atoms with Crippen molar-refractivity contribution in [1.82, 2.24) is 0 Å². The smallest absolute Gasteiger partial charge is 0.306 e. The molecule has 0 fully saturated rings. The lowest BCUT2D eigenvalue weighted by molar-refractivity contribution is -0.401. The van der Waals surface area contributed by atoms with Crippen LogP contribution in [0.5, 0.6) is 0 Å². The summed E-state index contributed by atoms with van der Waals surface area (Å²) in [5.41, 5.74) is 7.80. The van der Waals surface area contributed by atoms with Gasteiger partial charge in [-0.3, -0.25) is 4.79 Å². The quantitative estimate of drug-likeness (QED) is 0.187. The van der Waals surface area contributed by atoms with Crippen LogP contribution in [0.2, 0.25) is 0 Å². The van der Waals surface area contributed by atoms with Crippen molar-refractivity contribution in [1.29, 1.82) is 0 Å². The molecule has 4 aromatic rings. The number of esters is 1. The van der Waals surface area contributed by atoms with Crippen molar-refractivity contribution in [2.24, 2.45) is 0 Å². The molecule has 41 heavy (non-hydrogen) atoms. The van der Waals surface area contributed by atoms with Crippen molar-refractivity contribution in [3.63, 3.8) is 0 Å². The van der Waals surface area contributed by atoms with Crippen LogP contribution in [0.4, 0.5) is 11.4 Å². The fraction of sp³-hybridized carbons (Fsp3) is 0.243. The van der Waals surface area contributed by atoms with Crippen LogP contribution in [0.1, 0.15) is 37.0 Å². The highest BCUT2D eigenvalue weighted by Gasteiger charge is 2.48. The van der Waals surface area contributed by atoms with E-state index in [1.807, 2.05) is 12.1 Å². The van der Waals surface area contributed by atoms with Crippen molar-refractivity contribution in [2.45, 2.75) is 37.5 Å². The van der Waals surface area contributed by atoms with Gasteiger partial charge in [-0.25, -0.2) is 0 Å². The van der Waals surface area contributed by atoms with Crippen molar-refractivity contribution in [2.75, 3.05) is 26.1 Å². The van der Waals surface area contributed by atoms with Crippen molar-refractivity contribution < 1.29 is 14.1 Å². The minimum Gasteiger partial charge on any atom is -0.469 e. The second-order valence-corrected chi connectivity index (χ2v) is 11.7. The number of fused-ring (bicyclic) bond motifs is 4. The van der Waals surface area contributed by atoms with E-state index >= 15 is 0 Å². The Kier molecular flexibility index (Phi) is 6.65. The fourth-order valence-electron chi connectivity index (χ4n) is 7.17. The van der Waals surface area contributed by atoms with Crippen LogP contribution in [0.15, 0.2) is 115 Å². The molecule has 2 aliphatic rings. The average Bonchev–Trinajstić information content (AvgIpc) is 3.33. The van der Waals surface area contributed by atoms with E-state index in [1.165, 1.54) is 40.4 Å². The van der Waals surface area contributed by atoms with Gasteiger partial charge in [0.2, 0.25) is 5.69 Å². The zero-order valence-electron chi connectivity index (χ0n) is 24.5.